The molecule has 0 aliphatic rings. The zero-order valence-corrected chi connectivity index (χ0v) is 16.0. The molecule has 2 aromatic heterocycles. The summed E-state index contributed by atoms with van der Waals surface area (Å²) in [5.41, 5.74) is 0. The Labute approximate surface area is 151 Å². The Morgan fingerprint density at radius 1 is 0.545 bits per heavy atom. The monoisotopic (exact) mass is 446 g/mol. The van der Waals surface area contributed by atoms with Gasteiger partial charge in [0, 0.05) is 9.40 Å². The molecule has 0 fully saturated rings. The Kier molecular flexibility index (Phi) is 2.93. The molecular weight excluding hydrogens is 440 g/mol. The molecule has 4 heteroatoms. The summed E-state index contributed by atoms with van der Waals surface area (Å²) >= 11 is 10.8. The van der Waals surface area contributed by atoms with Gasteiger partial charge < -0.3 is 0 Å². The smallest absolute Gasteiger partial charge is 0.0711 e. The highest BCUT2D eigenvalue weighted by atomic mass is 79.9. The number of thiophene rings is 2. The Balaban J connectivity index is 1.99. The molecule has 0 unspecified atom stereocenters. The molecule has 0 aliphatic carbocycles. The summed E-state index contributed by atoms with van der Waals surface area (Å²) in [5.74, 6) is 0. The lowest BCUT2D eigenvalue weighted by Crippen LogP contribution is -1.78. The second-order valence-corrected chi connectivity index (χ2v) is 10.3. The summed E-state index contributed by atoms with van der Waals surface area (Å²) in [6.07, 6.45) is 0. The second kappa shape index (κ2) is 4.78. The van der Waals surface area contributed by atoms with Gasteiger partial charge in [-0.3, -0.25) is 0 Å². The minimum absolute atomic E-state index is 1.19. The molecular formula is C18H8Br2S2. The van der Waals surface area contributed by atoms with Crippen molar-refractivity contribution in [3.05, 3.63) is 56.1 Å². The Bertz CT molecular complexity index is 1100. The van der Waals surface area contributed by atoms with Crippen molar-refractivity contribution < 1.29 is 0 Å². The van der Waals surface area contributed by atoms with E-state index >= 15 is 0 Å². The van der Waals surface area contributed by atoms with E-state index in [1.54, 1.807) is 22.7 Å². The largest absolute Gasteiger partial charge is 0.128 e. The molecule has 0 atom stereocenters. The summed E-state index contributed by atoms with van der Waals surface area (Å²) < 4.78 is 5.04. The topological polar surface area (TPSA) is 0 Å². The van der Waals surface area contributed by atoms with Gasteiger partial charge in [-0.05, 0) is 101 Å². The van der Waals surface area contributed by atoms with Crippen LogP contribution in [-0.2, 0) is 0 Å². The summed E-state index contributed by atoms with van der Waals surface area (Å²) in [4.78, 5) is 0. The van der Waals surface area contributed by atoms with Crippen molar-refractivity contribution in [2.24, 2.45) is 0 Å². The highest BCUT2D eigenvalue weighted by Crippen LogP contribution is 2.38. The third kappa shape index (κ3) is 1.98. The quantitative estimate of drug-likeness (QED) is 0.211. The van der Waals surface area contributed by atoms with E-state index in [9.17, 15) is 0 Å². The van der Waals surface area contributed by atoms with Gasteiger partial charge in [0.2, 0.25) is 0 Å². The lowest BCUT2D eigenvalue weighted by molar-refractivity contribution is 1.88. The Morgan fingerprint density at radius 3 is 1.45 bits per heavy atom. The molecule has 5 aromatic rings. The Hall–Kier alpha value is -0.940. The Morgan fingerprint density at radius 2 is 1.00 bits per heavy atom. The molecule has 106 valence electrons. The summed E-state index contributed by atoms with van der Waals surface area (Å²) in [5, 5.41) is 7.90. The maximum Gasteiger partial charge on any atom is 0.0711 e. The predicted octanol–water partition coefficient (Wildman–Crippen LogP) is 7.95. The maximum absolute atomic E-state index is 3.60. The summed E-state index contributed by atoms with van der Waals surface area (Å²) in [7, 11) is 0. The molecule has 0 saturated carbocycles. The molecule has 22 heavy (non-hydrogen) atoms. The molecule has 2 heterocycles. The molecule has 0 radical (unpaired) electrons. The van der Waals surface area contributed by atoms with Crippen molar-refractivity contribution >= 4 is 96.3 Å². The van der Waals surface area contributed by atoms with E-state index in [2.05, 4.69) is 80.4 Å². The average molecular weight is 448 g/mol. The van der Waals surface area contributed by atoms with Crippen LogP contribution >= 0.6 is 54.5 Å². The lowest BCUT2D eigenvalue weighted by Gasteiger charge is -2.05. The third-order valence-corrected chi connectivity index (χ3v) is 7.25. The van der Waals surface area contributed by atoms with Crippen LogP contribution in [0.3, 0.4) is 0 Å². The van der Waals surface area contributed by atoms with Gasteiger partial charge in [-0.15, -0.1) is 22.7 Å². The van der Waals surface area contributed by atoms with Gasteiger partial charge in [-0.1, -0.05) is 12.1 Å². The number of halogens is 2. The lowest BCUT2D eigenvalue weighted by atomic mass is 10.00. The molecule has 0 N–H and O–H groups in total. The fourth-order valence-corrected chi connectivity index (χ4v) is 6.24. The molecule has 0 bridgehead atoms. The van der Waals surface area contributed by atoms with Crippen LogP contribution in [0.4, 0.5) is 0 Å². The van der Waals surface area contributed by atoms with Crippen LogP contribution in [0, 0.1) is 0 Å². The fraction of sp³-hybridized carbons (Fsp3) is 0. The van der Waals surface area contributed by atoms with Crippen molar-refractivity contribution in [3.63, 3.8) is 0 Å². The van der Waals surface area contributed by atoms with Crippen molar-refractivity contribution in [3.8, 4) is 0 Å². The van der Waals surface area contributed by atoms with Gasteiger partial charge >= 0.3 is 0 Å². The first-order valence-corrected chi connectivity index (χ1v) is 10.0. The minimum atomic E-state index is 1.19. The molecule has 0 saturated heterocycles. The molecule has 0 aliphatic heterocycles. The van der Waals surface area contributed by atoms with E-state index < -0.39 is 0 Å². The van der Waals surface area contributed by atoms with E-state index in [1.807, 2.05) is 0 Å². The van der Waals surface area contributed by atoms with Gasteiger partial charge in [0.05, 0.1) is 7.57 Å². The fourth-order valence-electron chi connectivity index (χ4n) is 3.06. The van der Waals surface area contributed by atoms with E-state index in [0.717, 1.165) is 0 Å². The minimum Gasteiger partial charge on any atom is -0.128 e. The second-order valence-electron chi connectivity index (χ2n) is 5.39. The first-order chi connectivity index (χ1) is 10.7. The normalized spacial score (nSPS) is 12.1. The van der Waals surface area contributed by atoms with Crippen LogP contribution < -0.4 is 0 Å². The van der Waals surface area contributed by atoms with Crippen LogP contribution in [0.2, 0.25) is 0 Å². The van der Waals surface area contributed by atoms with Gasteiger partial charge in [0.15, 0.2) is 0 Å². The van der Waals surface area contributed by atoms with Gasteiger partial charge in [0.25, 0.3) is 0 Å². The SMILES string of the molecule is Brc1cc2cc3c(ccc4cc5sc(Br)cc5cc43)cc2s1. The average Bonchev–Trinajstić information content (AvgIpc) is 3.02. The van der Waals surface area contributed by atoms with Crippen LogP contribution in [-0.4, -0.2) is 0 Å². The number of rotatable bonds is 0. The number of hydrogen-bond acceptors (Lipinski definition) is 2. The third-order valence-electron chi connectivity index (χ3n) is 4.05. The molecule has 0 amide bonds. The number of benzene rings is 3. The molecule has 5 rings (SSSR count). The van der Waals surface area contributed by atoms with E-state index in [4.69, 9.17) is 0 Å². The van der Waals surface area contributed by atoms with Crippen LogP contribution in [0.5, 0.6) is 0 Å². The summed E-state index contributed by atoms with van der Waals surface area (Å²) in [6.45, 7) is 0. The standard InChI is InChI=1S/C18H8Br2S2/c19-17-7-11-3-13-9(5-15(11)21-17)1-2-10-6-16-12(4-14(10)13)8-18(20)22-16/h1-8H. The highest BCUT2D eigenvalue weighted by molar-refractivity contribution is 9.11. The summed E-state index contributed by atoms with van der Waals surface area (Å²) in [6, 6.07) is 18.1. The van der Waals surface area contributed by atoms with Crippen molar-refractivity contribution in [2.45, 2.75) is 0 Å². The first kappa shape index (κ1) is 13.5. The van der Waals surface area contributed by atoms with E-state index in [1.165, 1.54) is 49.3 Å². The number of hydrogen-bond donors (Lipinski definition) is 0. The maximum atomic E-state index is 3.60. The van der Waals surface area contributed by atoms with Crippen molar-refractivity contribution in [2.75, 3.05) is 0 Å². The van der Waals surface area contributed by atoms with Gasteiger partial charge in [-0.2, -0.15) is 0 Å². The molecule has 0 spiro atoms. The zero-order chi connectivity index (χ0) is 14.8. The van der Waals surface area contributed by atoms with E-state index in [0.29, 0.717) is 0 Å². The zero-order valence-electron chi connectivity index (χ0n) is 11.2. The van der Waals surface area contributed by atoms with Gasteiger partial charge in [-0.25, -0.2) is 0 Å². The highest BCUT2D eigenvalue weighted by Gasteiger charge is 2.08. The molecule has 0 nitrogen and oxygen atoms in total. The van der Waals surface area contributed by atoms with Gasteiger partial charge in [0.1, 0.15) is 0 Å². The van der Waals surface area contributed by atoms with Crippen LogP contribution in [0.25, 0.3) is 41.7 Å². The van der Waals surface area contributed by atoms with Crippen molar-refractivity contribution in [1.82, 2.24) is 0 Å². The number of fused-ring (bicyclic) bond motifs is 5. The molecule has 3 aromatic carbocycles. The first-order valence-electron chi connectivity index (χ1n) is 6.82. The van der Waals surface area contributed by atoms with Crippen LogP contribution in [0.15, 0.2) is 56.1 Å². The predicted molar refractivity (Wildman–Crippen MR) is 108 cm³/mol. The van der Waals surface area contributed by atoms with Crippen LogP contribution in [0.1, 0.15) is 0 Å². The van der Waals surface area contributed by atoms with E-state index in [-0.39, 0.29) is 0 Å². The van der Waals surface area contributed by atoms with Crippen molar-refractivity contribution in [1.29, 1.82) is 0 Å².